The van der Waals surface area contributed by atoms with Crippen LogP contribution in [0.2, 0.25) is 5.02 Å². The zero-order chi connectivity index (χ0) is 15.1. The van der Waals surface area contributed by atoms with E-state index in [0.29, 0.717) is 19.6 Å². The van der Waals surface area contributed by atoms with E-state index in [4.69, 9.17) is 11.6 Å². The lowest BCUT2D eigenvalue weighted by Gasteiger charge is -2.16. The number of nitrogens with one attached hydrogen (secondary N) is 1. The van der Waals surface area contributed by atoms with Crippen LogP contribution in [0.3, 0.4) is 0 Å². The van der Waals surface area contributed by atoms with Crippen LogP contribution in [-0.4, -0.2) is 24.4 Å². The summed E-state index contributed by atoms with van der Waals surface area (Å²) in [4.78, 5) is 13.9. The second-order valence-electron chi connectivity index (χ2n) is 5.06. The molecule has 0 radical (unpaired) electrons. The Hall–Kier alpha value is -1.84. The number of likely N-dealkylation sites (N-methyl/N-ethyl adjacent to an activating group) is 1. The second-order valence-corrected chi connectivity index (χ2v) is 5.50. The number of carbonyl (C=O) groups is 1. The number of amides is 1. The molecule has 2 aromatic carbocycles. The summed E-state index contributed by atoms with van der Waals surface area (Å²) in [7, 11) is 1.92. The molecule has 0 saturated carbocycles. The monoisotopic (exact) mass is 302 g/mol. The van der Waals surface area contributed by atoms with Crippen molar-refractivity contribution < 1.29 is 4.79 Å². The molecule has 1 amide bonds. The smallest absolute Gasteiger partial charge is 0.234 e. The fourth-order valence-corrected chi connectivity index (χ4v) is 2.31. The third-order valence-electron chi connectivity index (χ3n) is 3.09. The normalized spacial score (nSPS) is 10.6. The molecule has 0 aliphatic carbocycles. The maximum absolute atomic E-state index is 11.9. The van der Waals surface area contributed by atoms with Gasteiger partial charge >= 0.3 is 0 Å². The lowest BCUT2D eigenvalue weighted by molar-refractivity contribution is -0.122. The van der Waals surface area contributed by atoms with Crippen molar-refractivity contribution in [2.75, 3.05) is 13.6 Å². The maximum Gasteiger partial charge on any atom is 0.234 e. The molecule has 110 valence electrons. The van der Waals surface area contributed by atoms with E-state index in [1.807, 2.05) is 66.5 Å². The van der Waals surface area contributed by atoms with Gasteiger partial charge in [0.2, 0.25) is 5.91 Å². The van der Waals surface area contributed by atoms with E-state index >= 15 is 0 Å². The Morgan fingerprint density at radius 1 is 1.10 bits per heavy atom. The molecule has 0 saturated heterocycles. The van der Waals surface area contributed by atoms with Crippen molar-refractivity contribution in [3.63, 3.8) is 0 Å². The van der Waals surface area contributed by atoms with Gasteiger partial charge in [0.15, 0.2) is 0 Å². The average molecular weight is 303 g/mol. The third kappa shape index (κ3) is 5.58. The zero-order valence-electron chi connectivity index (χ0n) is 12.1. The number of hydrogen-bond donors (Lipinski definition) is 1. The van der Waals surface area contributed by atoms with Crippen molar-refractivity contribution in [3.8, 4) is 0 Å². The Labute approximate surface area is 130 Å². The van der Waals surface area contributed by atoms with Crippen LogP contribution >= 0.6 is 11.6 Å². The summed E-state index contributed by atoms with van der Waals surface area (Å²) in [5, 5.41) is 3.64. The van der Waals surface area contributed by atoms with Gasteiger partial charge in [0.05, 0.1) is 6.54 Å². The predicted molar refractivity (Wildman–Crippen MR) is 86.1 cm³/mol. The van der Waals surface area contributed by atoms with Gasteiger partial charge in [0.25, 0.3) is 0 Å². The van der Waals surface area contributed by atoms with Gasteiger partial charge in [-0.05, 0) is 30.3 Å². The zero-order valence-corrected chi connectivity index (χ0v) is 12.8. The van der Waals surface area contributed by atoms with Crippen molar-refractivity contribution in [2.45, 2.75) is 13.1 Å². The largest absolute Gasteiger partial charge is 0.351 e. The molecule has 0 spiro atoms. The molecule has 0 aromatic heterocycles. The van der Waals surface area contributed by atoms with E-state index in [1.165, 1.54) is 0 Å². The van der Waals surface area contributed by atoms with Crippen LogP contribution in [0.4, 0.5) is 0 Å². The first kappa shape index (κ1) is 15.5. The highest BCUT2D eigenvalue weighted by Crippen LogP contribution is 2.11. The number of halogens is 1. The fourth-order valence-electron chi connectivity index (χ4n) is 2.10. The summed E-state index contributed by atoms with van der Waals surface area (Å²) in [6, 6.07) is 17.6. The predicted octanol–water partition coefficient (Wildman–Crippen LogP) is 3.09. The Morgan fingerprint density at radius 2 is 1.81 bits per heavy atom. The summed E-state index contributed by atoms with van der Waals surface area (Å²) >= 11 is 5.95. The van der Waals surface area contributed by atoms with Crippen molar-refractivity contribution >= 4 is 17.5 Å². The number of nitrogens with zero attached hydrogens (tertiary/aromatic N) is 1. The molecular weight excluding hydrogens is 284 g/mol. The summed E-state index contributed by atoms with van der Waals surface area (Å²) in [5.74, 6) is 0.0170. The van der Waals surface area contributed by atoms with Crippen LogP contribution in [0.5, 0.6) is 0 Å². The highest BCUT2D eigenvalue weighted by Gasteiger charge is 2.07. The van der Waals surface area contributed by atoms with Crippen molar-refractivity contribution in [1.82, 2.24) is 10.2 Å². The molecule has 2 rings (SSSR count). The molecule has 0 aliphatic heterocycles. The number of rotatable bonds is 6. The van der Waals surface area contributed by atoms with Gasteiger partial charge < -0.3 is 5.32 Å². The van der Waals surface area contributed by atoms with Gasteiger partial charge in [-0.15, -0.1) is 0 Å². The number of carbonyl (C=O) groups excluding carboxylic acids is 1. The number of benzene rings is 2. The molecule has 0 heterocycles. The molecule has 0 fully saturated rings. The van der Waals surface area contributed by atoms with Gasteiger partial charge in [-0.2, -0.15) is 0 Å². The highest BCUT2D eigenvalue weighted by molar-refractivity contribution is 6.30. The SMILES string of the molecule is CN(CC(=O)NCc1ccccc1)Cc1cccc(Cl)c1. The first-order valence-electron chi connectivity index (χ1n) is 6.87. The van der Waals surface area contributed by atoms with Gasteiger partial charge in [0.1, 0.15) is 0 Å². The second kappa shape index (κ2) is 7.81. The standard InChI is InChI=1S/C17H19ClN2O/c1-20(12-15-8-5-9-16(18)10-15)13-17(21)19-11-14-6-3-2-4-7-14/h2-10H,11-13H2,1H3,(H,19,21). The average Bonchev–Trinajstić information content (AvgIpc) is 2.46. The van der Waals surface area contributed by atoms with Gasteiger partial charge in [-0.25, -0.2) is 0 Å². The summed E-state index contributed by atoms with van der Waals surface area (Å²) in [6.07, 6.45) is 0. The molecule has 0 aliphatic rings. The van der Waals surface area contributed by atoms with E-state index in [-0.39, 0.29) is 5.91 Å². The molecule has 2 aromatic rings. The van der Waals surface area contributed by atoms with Crippen LogP contribution in [0, 0.1) is 0 Å². The van der Waals surface area contributed by atoms with Crippen LogP contribution in [0.15, 0.2) is 54.6 Å². The van der Waals surface area contributed by atoms with E-state index in [1.54, 1.807) is 0 Å². The van der Waals surface area contributed by atoms with Crippen LogP contribution in [0.1, 0.15) is 11.1 Å². The molecule has 0 unspecified atom stereocenters. The third-order valence-corrected chi connectivity index (χ3v) is 3.32. The number of hydrogen-bond acceptors (Lipinski definition) is 2. The summed E-state index contributed by atoms with van der Waals surface area (Å²) < 4.78 is 0. The maximum atomic E-state index is 11.9. The molecular formula is C17H19ClN2O. The topological polar surface area (TPSA) is 32.3 Å². The molecule has 21 heavy (non-hydrogen) atoms. The van der Waals surface area contributed by atoms with Gasteiger partial charge in [0, 0.05) is 18.1 Å². The van der Waals surface area contributed by atoms with E-state index in [9.17, 15) is 4.79 Å². The van der Waals surface area contributed by atoms with Crippen LogP contribution in [-0.2, 0) is 17.9 Å². The van der Waals surface area contributed by atoms with Gasteiger partial charge in [-0.1, -0.05) is 54.1 Å². The molecule has 0 atom stereocenters. The van der Waals surface area contributed by atoms with Crippen molar-refractivity contribution in [3.05, 3.63) is 70.7 Å². The summed E-state index contributed by atoms with van der Waals surface area (Å²) in [5.41, 5.74) is 2.20. The summed E-state index contributed by atoms with van der Waals surface area (Å²) in [6.45, 7) is 1.61. The fraction of sp³-hybridized carbons (Fsp3) is 0.235. The lowest BCUT2D eigenvalue weighted by Crippen LogP contribution is -2.34. The Bertz CT molecular complexity index is 586. The van der Waals surface area contributed by atoms with E-state index < -0.39 is 0 Å². The van der Waals surface area contributed by atoms with Crippen LogP contribution in [0.25, 0.3) is 0 Å². The lowest BCUT2D eigenvalue weighted by atomic mass is 10.2. The van der Waals surface area contributed by atoms with Crippen molar-refractivity contribution in [2.24, 2.45) is 0 Å². The Morgan fingerprint density at radius 3 is 2.52 bits per heavy atom. The first-order valence-corrected chi connectivity index (χ1v) is 7.25. The van der Waals surface area contributed by atoms with Crippen molar-refractivity contribution in [1.29, 1.82) is 0 Å². The van der Waals surface area contributed by atoms with E-state index in [2.05, 4.69) is 5.32 Å². The minimum absolute atomic E-state index is 0.0170. The van der Waals surface area contributed by atoms with Crippen LogP contribution < -0.4 is 5.32 Å². The Balaban J connectivity index is 1.77. The minimum Gasteiger partial charge on any atom is -0.351 e. The molecule has 4 heteroatoms. The molecule has 1 N–H and O–H groups in total. The van der Waals surface area contributed by atoms with Gasteiger partial charge in [-0.3, -0.25) is 9.69 Å². The van der Waals surface area contributed by atoms with E-state index in [0.717, 1.165) is 16.1 Å². The Kier molecular flexibility index (Phi) is 5.78. The molecule has 3 nitrogen and oxygen atoms in total. The highest BCUT2D eigenvalue weighted by atomic mass is 35.5. The molecule has 0 bridgehead atoms. The minimum atomic E-state index is 0.0170. The first-order chi connectivity index (χ1) is 10.1. The quantitative estimate of drug-likeness (QED) is 0.889.